The average Bonchev–Trinajstić information content (AvgIpc) is 3.29. The van der Waals surface area contributed by atoms with Crippen LogP contribution in [0.5, 0.6) is 11.6 Å². The van der Waals surface area contributed by atoms with Crippen LogP contribution in [0.15, 0.2) is 65.7 Å². The van der Waals surface area contributed by atoms with E-state index in [4.69, 9.17) is 32.7 Å². The fourth-order valence-electron chi connectivity index (χ4n) is 4.64. The lowest BCUT2D eigenvalue weighted by atomic mass is 10.2. The van der Waals surface area contributed by atoms with E-state index in [1.807, 2.05) is 40.0 Å². The van der Waals surface area contributed by atoms with Crippen LogP contribution in [0.4, 0.5) is 10.5 Å². The number of carbonyl (C=O) groups is 2. The van der Waals surface area contributed by atoms with E-state index >= 15 is 0 Å². The van der Waals surface area contributed by atoms with Crippen molar-refractivity contribution in [3.05, 3.63) is 76.5 Å². The Morgan fingerprint density at radius 3 is 2.25 bits per heavy atom. The number of piperazine rings is 1. The van der Waals surface area contributed by atoms with Crippen molar-refractivity contribution in [3.63, 3.8) is 0 Å². The third kappa shape index (κ3) is 7.03. The summed E-state index contributed by atoms with van der Waals surface area (Å²) in [6.07, 6.45) is 0.959. The van der Waals surface area contributed by atoms with Gasteiger partial charge in [0.15, 0.2) is 0 Å². The van der Waals surface area contributed by atoms with Crippen molar-refractivity contribution in [3.8, 4) is 11.6 Å². The predicted molar refractivity (Wildman–Crippen MR) is 168 cm³/mol. The maximum absolute atomic E-state index is 13.4. The fourth-order valence-corrected chi connectivity index (χ4v) is 6.07. The Kier molecular flexibility index (Phi) is 8.70. The van der Waals surface area contributed by atoms with E-state index < -0.39 is 15.6 Å². The summed E-state index contributed by atoms with van der Waals surface area (Å²) in [7, 11) is -2.10. The van der Waals surface area contributed by atoms with E-state index in [0.717, 1.165) is 10.9 Å². The highest BCUT2D eigenvalue weighted by Crippen LogP contribution is 2.29. The second kappa shape index (κ2) is 12.2. The zero-order valence-corrected chi connectivity index (χ0v) is 26.8. The molecule has 0 spiro atoms. The summed E-state index contributed by atoms with van der Waals surface area (Å²) >= 11 is 11.8. The molecule has 1 N–H and O–H groups in total. The molecule has 0 radical (unpaired) electrons. The first kappa shape index (κ1) is 31.4. The number of nitrogens with one attached hydrogen (secondary N) is 1. The monoisotopic (exact) mass is 659 g/mol. The summed E-state index contributed by atoms with van der Waals surface area (Å²) in [4.78, 5) is 33.3. The van der Waals surface area contributed by atoms with E-state index in [9.17, 15) is 18.0 Å². The van der Waals surface area contributed by atoms with Gasteiger partial charge in [-0.2, -0.15) is 0 Å². The molecular weight excluding hydrogens is 629 g/mol. The largest absolute Gasteiger partial charge is 0.444 e. The van der Waals surface area contributed by atoms with Gasteiger partial charge >= 0.3 is 6.09 Å². The Bertz CT molecular complexity index is 1830. The lowest BCUT2D eigenvalue weighted by Crippen LogP contribution is -2.51. The molecule has 5 rings (SSSR count). The van der Waals surface area contributed by atoms with Gasteiger partial charge in [-0.05, 0) is 63.2 Å². The van der Waals surface area contributed by atoms with Crippen LogP contribution in [0.25, 0.3) is 10.9 Å². The van der Waals surface area contributed by atoms with Gasteiger partial charge in [-0.1, -0.05) is 23.2 Å². The minimum Gasteiger partial charge on any atom is -0.444 e. The smallest absolute Gasteiger partial charge is 0.410 e. The number of halogens is 2. The Labute approximate surface area is 265 Å². The first-order chi connectivity index (χ1) is 20.7. The number of rotatable bonds is 6. The van der Waals surface area contributed by atoms with Gasteiger partial charge in [-0.25, -0.2) is 18.2 Å². The Morgan fingerprint density at radius 1 is 0.909 bits per heavy atom. The lowest BCUT2D eigenvalue weighted by molar-refractivity contribution is 0.0139. The topological polar surface area (TPSA) is 123 Å². The molecule has 0 atom stereocenters. The number of aromatic nitrogens is 2. The van der Waals surface area contributed by atoms with Crippen LogP contribution in [-0.2, 0) is 21.8 Å². The molecule has 0 saturated carbocycles. The molecule has 0 bridgehead atoms. The quantitative estimate of drug-likeness (QED) is 0.263. The van der Waals surface area contributed by atoms with Crippen molar-refractivity contribution >= 4 is 61.8 Å². The van der Waals surface area contributed by atoms with Gasteiger partial charge in [0.05, 0.1) is 32.3 Å². The number of fused-ring (bicyclic) bond motifs is 1. The molecule has 0 unspecified atom stereocenters. The number of sulfonamides is 1. The first-order valence-corrected chi connectivity index (χ1v) is 15.9. The molecule has 1 aliphatic rings. The van der Waals surface area contributed by atoms with Gasteiger partial charge in [-0.15, -0.1) is 0 Å². The van der Waals surface area contributed by atoms with E-state index in [0.29, 0.717) is 37.6 Å². The minimum absolute atomic E-state index is 0.0380. The van der Waals surface area contributed by atoms with Crippen molar-refractivity contribution in [1.29, 1.82) is 0 Å². The SMILES string of the molecule is Cn1c(C(=O)N2CCN(C(=O)OC(C)(C)C)CC2)cc2ccc(Oc3ccc(NS(=O)(=O)c4ccc(Cl)c(Cl)c4)cn3)cc21. The molecule has 1 aliphatic heterocycles. The number of amides is 2. The van der Waals surface area contributed by atoms with Crippen molar-refractivity contribution in [2.24, 2.45) is 7.05 Å². The second-order valence-corrected chi connectivity index (χ2v) is 13.7. The molecular formula is C30H31Cl2N5O6S. The molecule has 1 saturated heterocycles. The number of anilines is 1. The summed E-state index contributed by atoms with van der Waals surface area (Å²) in [5, 5.41) is 1.23. The Balaban J connectivity index is 1.24. The first-order valence-electron chi connectivity index (χ1n) is 13.7. The van der Waals surface area contributed by atoms with Gasteiger partial charge in [0.1, 0.15) is 17.0 Å². The third-order valence-electron chi connectivity index (χ3n) is 6.87. The van der Waals surface area contributed by atoms with Crippen LogP contribution in [0, 0.1) is 0 Å². The predicted octanol–water partition coefficient (Wildman–Crippen LogP) is 6.17. The molecule has 4 aromatic rings. The molecule has 2 amide bonds. The van der Waals surface area contributed by atoms with Gasteiger partial charge in [0.25, 0.3) is 15.9 Å². The number of ether oxygens (including phenoxy) is 2. The van der Waals surface area contributed by atoms with Crippen molar-refractivity contribution in [2.45, 2.75) is 31.3 Å². The molecule has 2 aromatic carbocycles. The zero-order valence-electron chi connectivity index (χ0n) is 24.5. The third-order valence-corrected chi connectivity index (χ3v) is 8.98. The summed E-state index contributed by atoms with van der Waals surface area (Å²) < 4.78 is 41.0. The van der Waals surface area contributed by atoms with Crippen molar-refractivity contribution in [2.75, 3.05) is 30.9 Å². The molecule has 232 valence electrons. The van der Waals surface area contributed by atoms with Crippen LogP contribution in [0.1, 0.15) is 31.3 Å². The number of aryl methyl sites for hydroxylation is 1. The number of pyridine rings is 1. The summed E-state index contributed by atoms with van der Waals surface area (Å²) in [5.74, 6) is 0.603. The standard InChI is InChI=1S/C30H31Cl2N5O6S/c1-30(2,3)43-29(39)37-13-11-36(12-14-37)28(38)26-15-19-5-7-21(16-25(19)35(26)4)42-27-10-6-20(18-33-27)34-44(40,41)22-8-9-23(31)24(32)17-22/h5-10,15-18,34H,11-14H2,1-4H3. The minimum atomic E-state index is -3.91. The van der Waals surface area contributed by atoms with Gasteiger partial charge in [-0.3, -0.25) is 9.52 Å². The summed E-state index contributed by atoms with van der Waals surface area (Å²) in [5.41, 5.74) is 0.948. The molecule has 2 aromatic heterocycles. The fraction of sp³-hybridized carbons (Fsp3) is 0.300. The maximum Gasteiger partial charge on any atom is 0.410 e. The Morgan fingerprint density at radius 2 is 1.61 bits per heavy atom. The highest BCUT2D eigenvalue weighted by Gasteiger charge is 2.29. The highest BCUT2D eigenvalue weighted by atomic mass is 35.5. The summed E-state index contributed by atoms with van der Waals surface area (Å²) in [6.45, 7) is 7.06. The van der Waals surface area contributed by atoms with Crippen molar-refractivity contribution < 1.29 is 27.5 Å². The van der Waals surface area contributed by atoms with Gasteiger partial charge < -0.3 is 23.8 Å². The summed E-state index contributed by atoms with van der Waals surface area (Å²) in [6, 6.07) is 14.3. The average molecular weight is 661 g/mol. The zero-order chi connectivity index (χ0) is 31.8. The van der Waals surface area contributed by atoms with Crippen LogP contribution < -0.4 is 9.46 Å². The number of nitrogens with zero attached hydrogens (tertiary/aromatic N) is 4. The van der Waals surface area contributed by atoms with Gasteiger partial charge in [0, 0.05) is 50.7 Å². The van der Waals surface area contributed by atoms with E-state index in [1.54, 1.807) is 26.5 Å². The van der Waals surface area contributed by atoms with E-state index in [-0.39, 0.29) is 38.5 Å². The van der Waals surface area contributed by atoms with Crippen LogP contribution in [0.3, 0.4) is 0 Å². The van der Waals surface area contributed by atoms with Gasteiger partial charge in [0.2, 0.25) is 5.88 Å². The Hall–Kier alpha value is -4.00. The number of carbonyl (C=O) groups excluding carboxylic acids is 2. The second-order valence-electron chi connectivity index (χ2n) is 11.2. The normalized spacial score (nSPS) is 14.0. The molecule has 11 nitrogen and oxygen atoms in total. The molecule has 14 heteroatoms. The lowest BCUT2D eigenvalue weighted by Gasteiger charge is -2.35. The van der Waals surface area contributed by atoms with Crippen molar-refractivity contribution in [1.82, 2.24) is 19.4 Å². The van der Waals surface area contributed by atoms with Crippen LogP contribution in [0.2, 0.25) is 10.0 Å². The number of hydrogen-bond acceptors (Lipinski definition) is 7. The van der Waals surface area contributed by atoms with Crippen LogP contribution in [-0.4, -0.2) is 71.5 Å². The van der Waals surface area contributed by atoms with Crippen LogP contribution >= 0.6 is 23.2 Å². The highest BCUT2D eigenvalue weighted by molar-refractivity contribution is 7.92. The van der Waals surface area contributed by atoms with E-state index in [2.05, 4.69) is 9.71 Å². The molecule has 0 aliphatic carbocycles. The number of benzene rings is 2. The maximum atomic E-state index is 13.4. The molecule has 1 fully saturated rings. The molecule has 3 heterocycles. The van der Waals surface area contributed by atoms with E-state index in [1.165, 1.54) is 36.5 Å². The number of hydrogen-bond donors (Lipinski definition) is 1. The molecule has 44 heavy (non-hydrogen) atoms.